The van der Waals surface area contributed by atoms with Crippen molar-refractivity contribution in [3.05, 3.63) is 24.3 Å². The van der Waals surface area contributed by atoms with Crippen molar-refractivity contribution in [1.82, 2.24) is 0 Å². The molecule has 1 aliphatic rings. The summed E-state index contributed by atoms with van der Waals surface area (Å²) >= 11 is 0. The fourth-order valence-corrected chi connectivity index (χ4v) is 0.340. The Morgan fingerprint density at radius 3 is 1.09 bits per heavy atom. The Balaban J connectivity index is -0.0000000544. The number of aliphatic hydroxyl groups is 3. The Morgan fingerprint density at radius 2 is 1.05 bits per heavy atom. The predicted octanol–water partition coefficient (Wildman–Crippen LogP) is 3.84. The molecule has 0 aromatic carbocycles. The van der Waals surface area contributed by atoms with Crippen LogP contribution in [-0.4, -0.2) is 42.4 Å². The number of hydrogen-bond donors (Lipinski definition) is 3. The molecule has 133 valence electrons. The molecule has 5 heteroatoms. The average Bonchev–Trinajstić information content (AvgIpc) is 2.68. The van der Waals surface area contributed by atoms with E-state index in [2.05, 4.69) is 31.8 Å². The van der Waals surface area contributed by atoms with Gasteiger partial charge in [0.05, 0.1) is 0 Å². The van der Waals surface area contributed by atoms with Crippen LogP contribution in [0.2, 0.25) is 19.6 Å². The topological polar surface area (TPSA) is 60.7 Å². The molecule has 0 aromatic rings. The van der Waals surface area contributed by atoms with Gasteiger partial charge < -0.3 is 15.3 Å². The first-order chi connectivity index (χ1) is 9.43. The predicted molar refractivity (Wildman–Crippen MR) is 97.0 cm³/mol. The minimum Gasteiger partial charge on any atom is -0.394 e. The summed E-state index contributed by atoms with van der Waals surface area (Å²) in [4.78, 5) is 0. The van der Waals surface area contributed by atoms with E-state index in [0.29, 0.717) is 0 Å². The third kappa shape index (κ3) is 261. The zero-order valence-electron chi connectivity index (χ0n) is 16.0. The van der Waals surface area contributed by atoms with Crippen LogP contribution in [0.5, 0.6) is 0 Å². The standard InChI is InChI=1S/C5H5.3C3H8O.C3H9Si.Hf/c1-2-4-5-3-1;3*1-3(2)4;1-4(2)3;/h1-3H,4H2;3*3-4H,1-2H3;1-3H3;/q-1;;;;;. The van der Waals surface area contributed by atoms with E-state index in [-0.39, 0.29) is 53.0 Å². The number of aliphatic hydroxyl groups excluding tert-OH is 3. The molecule has 3 N–H and O–H groups in total. The van der Waals surface area contributed by atoms with Gasteiger partial charge >= 0.3 is 0 Å². The Labute approximate surface area is 159 Å². The fraction of sp³-hybridized carbons (Fsp3) is 0.765. The summed E-state index contributed by atoms with van der Waals surface area (Å²) in [6, 6.07) is 0. The minimum atomic E-state index is -0.167. The second-order valence-electron chi connectivity index (χ2n) is 5.78. The summed E-state index contributed by atoms with van der Waals surface area (Å²) in [6.07, 6.45) is 9.50. The van der Waals surface area contributed by atoms with E-state index in [4.69, 9.17) is 15.3 Å². The van der Waals surface area contributed by atoms with Crippen molar-refractivity contribution in [1.29, 1.82) is 0 Å². The minimum absolute atomic E-state index is 0. The molecular weight excluding hydrogens is 459 g/mol. The van der Waals surface area contributed by atoms with Crippen LogP contribution in [0.25, 0.3) is 0 Å². The summed E-state index contributed by atoms with van der Waals surface area (Å²) < 4.78 is 0. The van der Waals surface area contributed by atoms with E-state index >= 15 is 0 Å². The van der Waals surface area contributed by atoms with Crippen LogP contribution in [0.3, 0.4) is 0 Å². The van der Waals surface area contributed by atoms with Crippen molar-refractivity contribution >= 4 is 8.80 Å². The van der Waals surface area contributed by atoms with E-state index in [0.717, 1.165) is 6.42 Å². The molecule has 0 aliphatic heterocycles. The second-order valence-corrected chi connectivity index (χ2v) is 8.78. The maximum Gasteiger partial charge on any atom is 0.0483 e. The average molecular weight is 497 g/mol. The van der Waals surface area contributed by atoms with Crippen LogP contribution in [0.4, 0.5) is 0 Å². The first kappa shape index (κ1) is 33.9. The van der Waals surface area contributed by atoms with Crippen LogP contribution in [0.15, 0.2) is 18.2 Å². The van der Waals surface area contributed by atoms with Gasteiger partial charge in [-0.1, -0.05) is 19.6 Å². The fourth-order valence-electron chi connectivity index (χ4n) is 0.340. The summed E-state index contributed by atoms with van der Waals surface area (Å²) in [5.41, 5.74) is 0. The first-order valence-corrected chi connectivity index (χ1v) is 10.5. The first-order valence-electron chi connectivity index (χ1n) is 7.46. The van der Waals surface area contributed by atoms with Crippen molar-refractivity contribution in [2.24, 2.45) is 0 Å². The zero-order valence-corrected chi connectivity index (χ0v) is 20.6. The number of rotatable bonds is 0. The van der Waals surface area contributed by atoms with Crippen LogP contribution in [0.1, 0.15) is 48.0 Å². The van der Waals surface area contributed by atoms with Crippen LogP contribution in [0, 0.1) is 6.08 Å². The quantitative estimate of drug-likeness (QED) is 0.353. The smallest absolute Gasteiger partial charge is 0.0483 e. The number of allylic oxidation sites excluding steroid dienone is 4. The monoisotopic (exact) mass is 498 g/mol. The summed E-state index contributed by atoms with van der Waals surface area (Å²) in [5.74, 6) is 0. The molecule has 0 saturated carbocycles. The largest absolute Gasteiger partial charge is 0.394 e. The molecule has 0 heterocycles. The van der Waals surface area contributed by atoms with Crippen molar-refractivity contribution in [3.63, 3.8) is 0 Å². The van der Waals surface area contributed by atoms with Crippen molar-refractivity contribution in [2.45, 2.75) is 85.9 Å². The van der Waals surface area contributed by atoms with Crippen LogP contribution in [-0.2, 0) is 25.8 Å². The molecule has 0 aromatic heterocycles. The van der Waals surface area contributed by atoms with Gasteiger partial charge in [-0.25, -0.2) is 12.2 Å². The maximum atomic E-state index is 8.06. The van der Waals surface area contributed by atoms with Gasteiger partial charge in [0.2, 0.25) is 0 Å². The van der Waals surface area contributed by atoms with Gasteiger partial charge in [-0.3, -0.25) is 6.08 Å². The van der Waals surface area contributed by atoms with Crippen LogP contribution < -0.4 is 0 Å². The Morgan fingerprint density at radius 1 is 0.818 bits per heavy atom. The van der Waals surface area contributed by atoms with Gasteiger partial charge in [-0.05, 0) is 41.5 Å². The summed E-state index contributed by atoms with van der Waals surface area (Å²) in [7, 11) is 0.120. The Bertz CT molecular complexity index is 171. The SMILES string of the molecule is CC(C)O.CC(C)O.CC(C)O.C[Si](C)C.[C-]1=CC=CC1.[Hf]. The maximum absolute atomic E-state index is 8.06. The molecule has 0 saturated heterocycles. The molecule has 22 heavy (non-hydrogen) atoms. The molecule has 3 nitrogen and oxygen atoms in total. The Kier molecular flexibility index (Phi) is 45.4. The molecule has 0 bridgehead atoms. The van der Waals surface area contributed by atoms with E-state index < -0.39 is 0 Å². The van der Waals surface area contributed by atoms with E-state index in [1.807, 2.05) is 12.2 Å². The van der Waals surface area contributed by atoms with Gasteiger partial charge in [0.25, 0.3) is 0 Å². The summed E-state index contributed by atoms with van der Waals surface area (Å²) in [6.45, 7) is 17.1. The molecule has 0 spiro atoms. The molecule has 0 unspecified atom stereocenters. The molecule has 1 radical (unpaired) electrons. The zero-order chi connectivity index (χ0) is 17.8. The van der Waals surface area contributed by atoms with E-state index in [1.54, 1.807) is 41.5 Å². The molecule has 0 fully saturated rings. The van der Waals surface area contributed by atoms with Crippen molar-refractivity contribution in [2.75, 3.05) is 0 Å². The van der Waals surface area contributed by atoms with E-state index in [9.17, 15) is 0 Å². The summed E-state index contributed by atoms with van der Waals surface area (Å²) in [5, 5.41) is 24.2. The van der Waals surface area contributed by atoms with E-state index in [1.165, 1.54) is 0 Å². The third-order valence-electron chi connectivity index (χ3n) is 0.586. The van der Waals surface area contributed by atoms with Gasteiger partial charge in [-0.15, -0.1) is 6.42 Å². The van der Waals surface area contributed by atoms with Gasteiger partial charge in [0, 0.05) is 53.0 Å². The molecule has 1 aliphatic carbocycles. The van der Waals surface area contributed by atoms with Crippen LogP contribution >= 0.6 is 0 Å². The molecule has 0 atom stereocenters. The van der Waals surface area contributed by atoms with Gasteiger partial charge in [0.15, 0.2) is 0 Å². The molecule has 0 amide bonds. The number of hydrogen-bond acceptors (Lipinski definition) is 3. The van der Waals surface area contributed by atoms with Gasteiger partial charge in [-0.2, -0.15) is 6.08 Å². The Hall–Kier alpha value is 0.447. The normalized spacial score (nSPS) is 10.5. The van der Waals surface area contributed by atoms with Gasteiger partial charge in [0.1, 0.15) is 0 Å². The van der Waals surface area contributed by atoms with Crippen molar-refractivity contribution < 1.29 is 41.2 Å². The molecule has 1 rings (SSSR count). The third-order valence-corrected chi connectivity index (χ3v) is 0.586. The van der Waals surface area contributed by atoms with Crippen molar-refractivity contribution in [3.8, 4) is 0 Å². The molecular formula is C17H38HfO3Si-. The second kappa shape index (κ2) is 29.5.